The summed E-state index contributed by atoms with van der Waals surface area (Å²) in [4.78, 5) is 37.2. The summed E-state index contributed by atoms with van der Waals surface area (Å²) in [6.07, 6.45) is 2.33. The predicted molar refractivity (Wildman–Crippen MR) is 107 cm³/mol. The molecule has 1 aromatic rings. The molecule has 1 aromatic carbocycles. The third-order valence-electron chi connectivity index (χ3n) is 4.91. The van der Waals surface area contributed by atoms with Gasteiger partial charge in [-0.15, -0.1) is 0 Å². The molecular weight excluding hydrogens is 396 g/mol. The van der Waals surface area contributed by atoms with E-state index < -0.39 is 11.6 Å². The van der Waals surface area contributed by atoms with Crippen molar-refractivity contribution in [3.63, 3.8) is 0 Å². The molecule has 0 saturated carbocycles. The molecule has 1 aliphatic heterocycles. The summed E-state index contributed by atoms with van der Waals surface area (Å²) >= 11 is 0. The molecule has 0 bridgehead atoms. The van der Waals surface area contributed by atoms with Crippen molar-refractivity contribution in [1.29, 1.82) is 0 Å². The van der Waals surface area contributed by atoms with Gasteiger partial charge in [0.15, 0.2) is 11.6 Å². The Labute approximate surface area is 175 Å². The number of nitrogens with zero attached hydrogens (tertiary/aromatic N) is 1. The van der Waals surface area contributed by atoms with Crippen molar-refractivity contribution in [1.82, 2.24) is 15.5 Å². The Morgan fingerprint density at radius 2 is 1.83 bits per heavy atom. The zero-order chi connectivity index (χ0) is 21.9. The first-order chi connectivity index (χ1) is 14.4. The van der Waals surface area contributed by atoms with Gasteiger partial charge in [-0.05, 0) is 50.3 Å². The average Bonchev–Trinajstić information content (AvgIpc) is 2.73. The van der Waals surface area contributed by atoms with Gasteiger partial charge >= 0.3 is 6.09 Å². The van der Waals surface area contributed by atoms with Gasteiger partial charge in [0, 0.05) is 38.5 Å². The molecule has 3 amide bonds. The van der Waals surface area contributed by atoms with Crippen molar-refractivity contribution in [2.45, 2.75) is 51.5 Å². The number of likely N-dealkylation sites (tertiary alicyclic amines) is 1. The maximum Gasteiger partial charge on any atom is 0.409 e. The van der Waals surface area contributed by atoms with Gasteiger partial charge in [0.2, 0.25) is 11.8 Å². The van der Waals surface area contributed by atoms with Gasteiger partial charge in [-0.3, -0.25) is 9.59 Å². The molecule has 0 aromatic heterocycles. The molecule has 166 valence electrons. The quantitative estimate of drug-likeness (QED) is 0.595. The second-order valence-corrected chi connectivity index (χ2v) is 7.23. The van der Waals surface area contributed by atoms with Crippen molar-refractivity contribution in [2.75, 3.05) is 26.2 Å². The fourth-order valence-electron chi connectivity index (χ4n) is 3.24. The highest BCUT2D eigenvalue weighted by Crippen LogP contribution is 2.12. The Balaban J connectivity index is 1.55. The molecule has 1 heterocycles. The summed E-state index contributed by atoms with van der Waals surface area (Å²) in [5, 5.41) is 5.68. The van der Waals surface area contributed by atoms with Gasteiger partial charge in [0.05, 0.1) is 6.61 Å². The number of rotatable bonds is 9. The Morgan fingerprint density at radius 3 is 2.50 bits per heavy atom. The van der Waals surface area contributed by atoms with Crippen LogP contribution in [0.3, 0.4) is 0 Å². The Bertz CT molecular complexity index is 737. The minimum atomic E-state index is -0.925. The van der Waals surface area contributed by atoms with Crippen LogP contribution in [0.15, 0.2) is 18.2 Å². The number of benzene rings is 1. The summed E-state index contributed by atoms with van der Waals surface area (Å²) in [5.74, 6) is -2.12. The van der Waals surface area contributed by atoms with Crippen LogP contribution in [0.1, 0.15) is 44.6 Å². The van der Waals surface area contributed by atoms with Crippen LogP contribution in [-0.4, -0.2) is 55.1 Å². The van der Waals surface area contributed by atoms with Crippen LogP contribution in [0.5, 0.6) is 0 Å². The SMILES string of the molecule is CCOC(=O)N1CCC(NC(=O)CCCNC(=O)CCc2ccc(F)c(F)c2)CC1. The number of ether oxygens (including phenoxy) is 1. The number of carbonyl (C=O) groups excluding carboxylic acids is 3. The van der Waals surface area contributed by atoms with Crippen LogP contribution in [0.25, 0.3) is 0 Å². The van der Waals surface area contributed by atoms with E-state index in [0.717, 1.165) is 12.1 Å². The van der Waals surface area contributed by atoms with Gasteiger partial charge in [0.1, 0.15) is 0 Å². The smallest absolute Gasteiger partial charge is 0.409 e. The largest absolute Gasteiger partial charge is 0.450 e. The average molecular weight is 425 g/mol. The number of amides is 3. The van der Waals surface area contributed by atoms with E-state index in [1.165, 1.54) is 6.07 Å². The highest BCUT2D eigenvalue weighted by molar-refractivity contribution is 5.77. The maximum absolute atomic E-state index is 13.1. The normalized spacial score (nSPS) is 14.3. The van der Waals surface area contributed by atoms with E-state index in [-0.39, 0.29) is 30.4 Å². The molecule has 0 spiro atoms. The first-order valence-corrected chi connectivity index (χ1v) is 10.3. The first-order valence-electron chi connectivity index (χ1n) is 10.3. The molecule has 1 fully saturated rings. The van der Waals surface area contributed by atoms with Crippen LogP contribution in [0.4, 0.5) is 13.6 Å². The minimum Gasteiger partial charge on any atom is -0.450 e. The van der Waals surface area contributed by atoms with Gasteiger partial charge in [0.25, 0.3) is 0 Å². The van der Waals surface area contributed by atoms with Crippen molar-refractivity contribution >= 4 is 17.9 Å². The number of piperidine rings is 1. The van der Waals surface area contributed by atoms with Crippen LogP contribution in [0, 0.1) is 11.6 Å². The molecule has 0 atom stereocenters. The van der Waals surface area contributed by atoms with E-state index >= 15 is 0 Å². The van der Waals surface area contributed by atoms with E-state index in [0.29, 0.717) is 63.9 Å². The topological polar surface area (TPSA) is 87.7 Å². The molecule has 7 nitrogen and oxygen atoms in total. The summed E-state index contributed by atoms with van der Waals surface area (Å²) in [6.45, 7) is 3.58. The van der Waals surface area contributed by atoms with Gasteiger partial charge in [-0.1, -0.05) is 6.07 Å². The number of nitrogens with one attached hydrogen (secondary N) is 2. The summed E-state index contributed by atoms with van der Waals surface area (Å²) in [6, 6.07) is 3.62. The molecular formula is C21H29F2N3O4. The number of aryl methyl sites for hydroxylation is 1. The van der Waals surface area contributed by atoms with Crippen molar-refractivity contribution in [3.8, 4) is 0 Å². The van der Waals surface area contributed by atoms with E-state index in [1.807, 2.05) is 0 Å². The predicted octanol–water partition coefficient (Wildman–Crippen LogP) is 2.53. The van der Waals surface area contributed by atoms with Gasteiger partial charge in [-0.2, -0.15) is 0 Å². The van der Waals surface area contributed by atoms with Crippen molar-refractivity contribution in [3.05, 3.63) is 35.4 Å². The lowest BCUT2D eigenvalue weighted by atomic mass is 10.1. The van der Waals surface area contributed by atoms with Crippen LogP contribution in [-0.2, 0) is 20.7 Å². The molecule has 1 saturated heterocycles. The Hall–Kier alpha value is -2.71. The van der Waals surface area contributed by atoms with E-state index in [4.69, 9.17) is 4.74 Å². The Kier molecular flexibility index (Phi) is 9.50. The maximum atomic E-state index is 13.1. The molecule has 0 unspecified atom stereocenters. The van der Waals surface area contributed by atoms with Crippen LogP contribution >= 0.6 is 0 Å². The third kappa shape index (κ3) is 7.96. The third-order valence-corrected chi connectivity index (χ3v) is 4.91. The molecule has 0 aliphatic carbocycles. The van der Waals surface area contributed by atoms with E-state index in [1.54, 1.807) is 11.8 Å². The van der Waals surface area contributed by atoms with Gasteiger partial charge < -0.3 is 20.3 Å². The minimum absolute atomic E-state index is 0.0360. The van der Waals surface area contributed by atoms with Crippen LogP contribution < -0.4 is 10.6 Å². The monoisotopic (exact) mass is 425 g/mol. The number of hydrogen-bond acceptors (Lipinski definition) is 4. The highest BCUT2D eigenvalue weighted by Gasteiger charge is 2.24. The number of halogens is 2. The summed E-state index contributed by atoms with van der Waals surface area (Å²) in [7, 11) is 0. The second-order valence-electron chi connectivity index (χ2n) is 7.23. The zero-order valence-electron chi connectivity index (χ0n) is 17.2. The Morgan fingerprint density at radius 1 is 1.10 bits per heavy atom. The molecule has 1 aliphatic rings. The summed E-state index contributed by atoms with van der Waals surface area (Å²) < 4.78 is 31.0. The highest BCUT2D eigenvalue weighted by atomic mass is 19.2. The fourth-order valence-corrected chi connectivity index (χ4v) is 3.24. The summed E-state index contributed by atoms with van der Waals surface area (Å²) in [5.41, 5.74) is 0.553. The lowest BCUT2D eigenvalue weighted by Crippen LogP contribution is -2.46. The standard InChI is InChI=1S/C21H29F2N3O4/c1-2-30-21(29)26-12-9-16(10-13-26)25-20(28)4-3-11-24-19(27)8-6-15-5-7-17(22)18(23)14-15/h5,7,14,16H,2-4,6,8-13H2,1H3,(H,24,27)(H,25,28). The molecule has 30 heavy (non-hydrogen) atoms. The van der Waals surface area contributed by atoms with Crippen molar-refractivity contribution in [2.24, 2.45) is 0 Å². The van der Waals surface area contributed by atoms with E-state index in [9.17, 15) is 23.2 Å². The molecule has 0 radical (unpaired) electrons. The lowest BCUT2D eigenvalue weighted by molar-refractivity contribution is -0.123. The zero-order valence-corrected chi connectivity index (χ0v) is 17.2. The molecule has 2 N–H and O–H groups in total. The molecule has 2 rings (SSSR count). The van der Waals surface area contributed by atoms with E-state index in [2.05, 4.69) is 10.6 Å². The number of carbonyl (C=O) groups is 3. The van der Waals surface area contributed by atoms with Gasteiger partial charge in [-0.25, -0.2) is 13.6 Å². The van der Waals surface area contributed by atoms with Crippen molar-refractivity contribution < 1.29 is 27.9 Å². The lowest BCUT2D eigenvalue weighted by Gasteiger charge is -2.31. The second kappa shape index (κ2) is 12.1. The molecule has 9 heteroatoms. The first kappa shape index (κ1) is 23.6. The number of hydrogen-bond donors (Lipinski definition) is 2. The fraction of sp³-hybridized carbons (Fsp3) is 0.571. The van der Waals surface area contributed by atoms with Crippen LogP contribution in [0.2, 0.25) is 0 Å².